The zero-order chi connectivity index (χ0) is 10.1. The van der Waals surface area contributed by atoms with Gasteiger partial charge < -0.3 is 10.6 Å². The lowest BCUT2D eigenvalue weighted by Crippen LogP contribution is -2.62. The van der Waals surface area contributed by atoms with E-state index in [2.05, 4.69) is 38.3 Å². The maximum atomic E-state index is 11.2. The molecule has 1 heterocycles. The van der Waals surface area contributed by atoms with Gasteiger partial charge >= 0.3 is 0 Å². The highest BCUT2D eigenvalue weighted by molar-refractivity contribution is 5.77. The molecule has 3 heteroatoms. The van der Waals surface area contributed by atoms with Crippen molar-refractivity contribution in [1.82, 2.24) is 10.6 Å². The molecule has 3 nitrogen and oxygen atoms in total. The van der Waals surface area contributed by atoms with Crippen LogP contribution in [0.2, 0.25) is 0 Å². The van der Waals surface area contributed by atoms with Gasteiger partial charge in [0.1, 0.15) is 0 Å². The first kappa shape index (κ1) is 10.5. The fourth-order valence-corrected chi connectivity index (χ4v) is 1.84. The molecule has 1 saturated heterocycles. The summed E-state index contributed by atoms with van der Waals surface area (Å²) in [6, 6.07) is 0.865. The molecule has 1 atom stereocenters. The Labute approximate surface area is 80.3 Å². The Morgan fingerprint density at radius 3 is 2.62 bits per heavy atom. The van der Waals surface area contributed by atoms with Crippen molar-refractivity contribution in [3.63, 3.8) is 0 Å². The van der Waals surface area contributed by atoms with Gasteiger partial charge in [-0.3, -0.25) is 4.79 Å². The summed E-state index contributed by atoms with van der Waals surface area (Å²) in [5, 5.41) is 6.49. The molecule has 0 saturated carbocycles. The molecular formula is C10H20N2O. The Kier molecular flexibility index (Phi) is 2.96. The van der Waals surface area contributed by atoms with Crippen LogP contribution in [0.5, 0.6) is 0 Å². The average Bonchev–Trinajstić information content (AvgIpc) is 1.93. The van der Waals surface area contributed by atoms with Gasteiger partial charge in [-0.05, 0) is 20.3 Å². The quantitative estimate of drug-likeness (QED) is 0.673. The van der Waals surface area contributed by atoms with E-state index in [0.717, 1.165) is 6.42 Å². The summed E-state index contributed by atoms with van der Waals surface area (Å²) in [7, 11) is 0. The highest BCUT2D eigenvalue weighted by atomic mass is 16.1. The molecule has 0 bridgehead atoms. The Hall–Kier alpha value is -0.570. The van der Waals surface area contributed by atoms with Crippen molar-refractivity contribution in [2.24, 2.45) is 0 Å². The Morgan fingerprint density at radius 2 is 2.15 bits per heavy atom. The molecule has 76 valence electrons. The Balaban J connectivity index is 2.59. The minimum atomic E-state index is -0.112. The fourth-order valence-electron chi connectivity index (χ4n) is 1.84. The van der Waals surface area contributed by atoms with Crippen LogP contribution in [-0.4, -0.2) is 23.5 Å². The molecule has 0 aliphatic carbocycles. The maximum absolute atomic E-state index is 11.2. The fraction of sp³-hybridized carbons (Fsp3) is 0.900. The number of rotatable bonds is 2. The SMILES string of the molecule is CC(C)NC1CCC(=O)NC1(C)C. The van der Waals surface area contributed by atoms with E-state index in [1.165, 1.54) is 0 Å². The smallest absolute Gasteiger partial charge is 0.220 e. The molecule has 1 fully saturated rings. The maximum Gasteiger partial charge on any atom is 0.220 e. The molecule has 1 unspecified atom stereocenters. The van der Waals surface area contributed by atoms with Crippen molar-refractivity contribution in [3.05, 3.63) is 0 Å². The van der Waals surface area contributed by atoms with Crippen molar-refractivity contribution in [2.75, 3.05) is 0 Å². The van der Waals surface area contributed by atoms with Crippen LogP contribution in [0, 0.1) is 0 Å². The molecule has 0 spiro atoms. The second-order valence-corrected chi connectivity index (χ2v) is 4.68. The van der Waals surface area contributed by atoms with Crippen LogP contribution >= 0.6 is 0 Å². The molecule has 0 aromatic carbocycles. The summed E-state index contributed by atoms with van der Waals surface area (Å²) in [6.07, 6.45) is 1.59. The Bertz CT molecular complexity index is 199. The summed E-state index contributed by atoms with van der Waals surface area (Å²) >= 11 is 0. The van der Waals surface area contributed by atoms with Gasteiger partial charge in [-0.25, -0.2) is 0 Å². The second-order valence-electron chi connectivity index (χ2n) is 4.68. The van der Waals surface area contributed by atoms with Gasteiger partial charge in [0.15, 0.2) is 0 Å². The third-order valence-electron chi connectivity index (χ3n) is 2.53. The molecule has 1 aliphatic rings. The van der Waals surface area contributed by atoms with Gasteiger partial charge in [-0.1, -0.05) is 13.8 Å². The number of piperidine rings is 1. The zero-order valence-corrected chi connectivity index (χ0v) is 8.98. The summed E-state index contributed by atoms with van der Waals surface area (Å²) in [5.74, 6) is 0.173. The summed E-state index contributed by atoms with van der Waals surface area (Å²) in [4.78, 5) is 11.2. The largest absolute Gasteiger partial charge is 0.350 e. The van der Waals surface area contributed by atoms with Crippen LogP contribution in [0.3, 0.4) is 0 Å². The van der Waals surface area contributed by atoms with Crippen molar-refractivity contribution < 1.29 is 4.79 Å². The number of carbonyl (C=O) groups is 1. The topological polar surface area (TPSA) is 41.1 Å². The van der Waals surface area contributed by atoms with Gasteiger partial charge in [0.25, 0.3) is 0 Å². The average molecular weight is 184 g/mol. The van der Waals surface area contributed by atoms with Crippen LogP contribution in [-0.2, 0) is 4.79 Å². The van der Waals surface area contributed by atoms with Crippen LogP contribution in [0.25, 0.3) is 0 Å². The number of nitrogens with one attached hydrogen (secondary N) is 2. The zero-order valence-electron chi connectivity index (χ0n) is 8.98. The highest BCUT2D eigenvalue weighted by Crippen LogP contribution is 2.19. The van der Waals surface area contributed by atoms with E-state index >= 15 is 0 Å². The van der Waals surface area contributed by atoms with Crippen LogP contribution < -0.4 is 10.6 Å². The van der Waals surface area contributed by atoms with Crippen molar-refractivity contribution in [1.29, 1.82) is 0 Å². The third kappa shape index (κ3) is 2.69. The normalized spacial score (nSPS) is 27.5. The molecule has 13 heavy (non-hydrogen) atoms. The number of carbonyl (C=O) groups excluding carboxylic acids is 1. The minimum absolute atomic E-state index is 0.112. The van der Waals surface area contributed by atoms with E-state index in [0.29, 0.717) is 18.5 Å². The molecular weight excluding hydrogens is 164 g/mol. The first-order valence-corrected chi connectivity index (χ1v) is 4.99. The molecule has 2 N–H and O–H groups in total. The lowest BCUT2D eigenvalue weighted by atomic mass is 9.86. The van der Waals surface area contributed by atoms with Crippen molar-refractivity contribution in [3.8, 4) is 0 Å². The van der Waals surface area contributed by atoms with Gasteiger partial charge in [0, 0.05) is 24.0 Å². The van der Waals surface area contributed by atoms with E-state index in [1.807, 2.05) is 0 Å². The summed E-state index contributed by atoms with van der Waals surface area (Å²) < 4.78 is 0. The van der Waals surface area contributed by atoms with E-state index in [-0.39, 0.29) is 11.4 Å². The van der Waals surface area contributed by atoms with E-state index in [1.54, 1.807) is 0 Å². The summed E-state index contributed by atoms with van der Waals surface area (Å²) in [5.41, 5.74) is -0.112. The summed E-state index contributed by atoms with van der Waals surface area (Å²) in [6.45, 7) is 8.41. The van der Waals surface area contributed by atoms with Gasteiger partial charge in [0.2, 0.25) is 5.91 Å². The van der Waals surface area contributed by atoms with Crippen molar-refractivity contribution in [2.45, 2.75) is 58.2 Å². The lowest BCUT2D eigenvalue weighted by molar-refractivity contribution is -0.125. The molecule has 0 radical (unpaired) electrons. The molecule has 1 rings (SSSR count). The van der Waals surface area contributed by atoms with Gasteiger partial charge in [-0.2, -0.15) is 0 Å². The van der Waals surface area contributed by atoms with E-state index < -0.39 is 0 Å². The molecule has 0 aromatic heterocycles. The minimum Gasteiger partial charge on any atom is -0.350 e. The molecule has 0 aromatic rings. The third-order valence-corrected chi connectivity index (χ3v) is 2.53. The standard InChI is InChI=1S/C10H20N2O/c1-7(2)11-8-5-6-9(13)12-10(8,3)4/h7-8,11H,5-6H2,1-4H3,(H,12,13). The number of amides is 1. The van der Waals surface area contributed by atoms with Crippen LogP contribution in [0.15, 0.2) is 0 Å². The first-order chi connectivity index (χ1) is 5.92. The van der Waals surface area contributed by atoms with E-state index in [9.17, 15) is 4.79 Å². The monoisotopic (exact) mass is 184 g/mol. The van der Waals surface area contributed by atoms with Crippen LogP contribution in [0.4, 0.5) is 0 Å². The first-order valence-electron chi connectivity index (χ1n) is 4.99. The highest BCUT2D eigenvalue weighted by Gasteiger charge is 2.35. The molecule has 1 aliphatic heterocycles. The van der Waals surface area contributed by atoms with Gasteiger partial charge in [0.05, 0.1) is 0 Å². The lowest BCUT2D eigenvalue weighted by Gasteiger charge is -2.40. The predicted octanol–water partition coefficient (Wildman–Crippen LogP) is 1.04. The van der Waals surface area contributed by atoms with Gasteiger partial charge in [-0.15, -0.1) is 0 Å². The van der Waals surface area contributed by atoms with Crippen molar-refractivity contribution >= 4 is 5.91 Å². The second kappa shape index (κ2) is 3.66. The predicted molar refractivity (Wildman–Crippen MR) is 53.5 cm³/mol. The van der Waals surface area contributed by atoms with E-state index in [4.69, 9.17) is 0 Å². The number of hydrogen-bond donors (Lipinski definition) is 2. The Morgan fingerprint density at radius 1 is 1.54 bits per heavy atom. The van der Waals surface area contributed by atoms with Crippen LogP contribution in [0.1, 0.15) is 40.5 Å². The number of hydrogen-bond acceptors (Lipinski definition) is 2. The molecule has 1 amide bonds.